The van der Waals surface area contributed by atoms with Crippen LogP contribution in [0.1, 0.15) is 24.7 Å². The maximum Gasteiger partial charge on any atom is 0.252 e. The van der Waals surface area contributed by atoms with Crippen molar-refractivity contribution in [2.24, 2.45) is 0 Å². The van der Waals surface area contributed by atoms with Crippen molar-refractivity contribution in [2.75, 3.05) is 11.5 Å². The van der Waals surface area contributed by atoms with Gasteiger partial charge in [0.25, 0.3) is 5.95 Å². The number of hydrogen-bond acceptors (Lipinski definition) is 6. The van der Waals surface area contributed by atoms with Crippen molar-refractivity contribution in [2.45, 2.75) is 32.1 Å². The minimum Gasteiger partial charge on any atom is -0.382 e. The van der Waals surface area contributed by atoms with Gasteiger partial charge in [0, 0.05) is 5.69 Å². The van der Waals surface area contributed by atoms with Gasteiger partial charge in [0.05, 0.1) is 17.6 Å². The molecule has 2 heterocycles. The number of nitrogens with two attached hydrogens (primary N) is 1. The molecule has 108 valence electrons. The van der Waals surface area contributed by atoms with E-state index in [4.69, 9.17) is 5.73 Å². The molecule has 20 heavy (non-hydrogen) atoms. The molecule has 0 spiro atoms. The second-order valence-electron chi connectivity index (χ2n) is 4.58. The number of hydrogen-bond donors (Lipinski definition) is 1. The van der Waals surface area contributed by atoms with Crippen molar-refractivity contribution in [3.63, 3.8) is 0 Å². The molecule has 0 fully saturated rings. The van der Waals surface area contributed by atoms with Gasteiger partial charge in [0.1, 0.15) is 10.7 Å². The van der Waals surface area contributed by atoms with Crippen molar-refractivity contribution in [3.05, 3.63) is 23.7 Å². The quantitative estimate of drug-likeness (QED) is 0.904. The maximum absolute atomic E-state index is 12.0. The monoisotopic (exact) mass is 295 g/mol. The Labute approximate surface area is 117 Å². The van der Waals surface area contributed by atoms with E-state index in [1.807, 2.05) is 19.9 Å². The largest absolute Gasteiger partial charge is 0.382 e. The van der Waals surface area contributed by atoms with Crippen LogP contribution in [-0.2, 0) is 9.84 Å². The molecule has 2 aromatic rings. The van der Waals surface area contributed by atoms with Gasteiger partial charge in [0.15, 0.2) is 9.84 Å². The average molecular weight is 295 g/mol. The van der Waals surface area contributed by atoms with E-state index < -0.39 is 9.84 Å². The second kappa shape index (κ2) is 5.20. The van der Waals surface area contributed by atoms with E-state index in [0.29, 0.717) is 6.42 Å². The van der Waals surface area contributed by atoms with E-state index in [1.165, 1.54) is 10.9 Å². The average Bonchev–Trinajstić information content (AvgIpc) is 2.67. The highest BCUT2D eigenvalue weighted by Crippen LogP contribution is 2.19. The van der Waals surface area contributed by atoms with Gasteiger partial charge >= 0.3 is 0 Å². The van der Waals surface area contributed by atoms with Crippen LogP contribution in [-0.4, -0.2) is 33.9 Å². The molecule has 0 aliphatic heterocycles. The highest BCUT2D eigenvalue weighted by Gasteiger charge is 2.19. The van der Waals surface area contributed by atoms with Gasteiger partial charge in [-0.1, -0.05) is 6.92 Å². The predicted octanol–water partition coefficient (Wildman–Crippen LogP) is 1.05. The molecule has 0 amide bonds. The minimum atomic E-state index is -3.42. The van der Waals surface area contributed by atoms with Gasteiger partial charge in [-0.3, -0.25) is 0 Å². The molecule has 7 nitrogen and oxygen atoms in total. The van der Waals surface area contributed by atoms with Crippen LogP contribution >= 0.6 is 0 Å². The molecule has 2 N–H and O–H groups in total. The van der Waals surface area contributed by atoms with Gasteiger partial charge in [-0.15, -0.1) is 0 Å². The first-order valence-corrected chi connectivity index (χ1v) is 7.89. The summed E-state index contributed by atoms with van der Waals surface area (Å²) in [6, 6.07) is 1.88. The second-order valence-corrected chi connectivity index (χ2v) is 6.65. The third-order valence-corrected chi connectivity index (χ3v) is 4.71. The van der Waals surface area contributed by atoms with E-state index in [9.17, 15) is 8.42 Å². The zero-order valence-electron chi connectivity index (χ0n) is 11.7. The van der Waals surface area contributed by atoms with Crippen LogP contribution in [0.5, 0.6) is 0 Å². The fourth-order valence-electron chi connectivity index (χ4n) is 1.93. The molecule has 2 rings (SSSR count). The summed E-state index contributed by atoms with van der Waals surface area (Å²) in [5.74, 6) is 0.249. The van der Waals surface area contributed by atoms with Crippen molar-refractivity contribution in [3.8, 4) is 5.95 Å². The third kappa shape index (κ3) is 2.64. The Bertz CT molecular complexity index is 736. The fourth-order valence-corrected chi connectivity index (χ4v) is 3.26. The molecular weight excluding hydrogens is 278 g/mol. The van der Waals surface area contributed by atoms with E-state index in [-0.39, 0.29) is 22.4 Å². The summed E-state index contributed by atoms with van der Waals surface area (Å²) in [5.41, 5.74) is 7.44. The van der Waals surface area contributed by atoms with E-state index in [2.05, 4.69) is 15.1 Å². The number of sulfone groups is 1. The van der Waals surface area contributed by atoms with Gasteiger partial charge < -0.3 is 5.73 Å². The van der Waals surface area contributed by atoms with Crippen LogP contribution in [0.2, 0.25) is 0 Å². The molecule has 0 saturated heterocycles. The van der Waals surface area contributed by atoms with Crippen molar-refractivity contribution < 1.29 is 8.42 Å². The topological polar surface area (TPSA) is 104 Å². The lowest BCUT2D eigenvalue weighted by atomic mass is 10.4. The van der Waals surface area contributed by atoms with E-state index >= 15 is 0 Å². The lowest BCUT2D eigenvalue weighted by Crippen LogP contribution is -2.13. The zero-order chi connectivity index (χ0) is 14.9. The summed E-state index contributed by atoms with van der Waals surface area (Å²) < 4.78 is 25.5. The summed E-state index contributed by atoms with van der Waals surface area (Å²) in [6.07, 6.45) is 1.76. The first kappa shape index (κ1) is 14.4. The molecule has 0 bridgehead atoms. The summed E-state index contributed by atoms with van der Waals surface area (Å²) in [7, 11) is -3.42. The van der Waals surface area contributed by atoms with E-state index in [1.54, 1.807) is 6.92 Å². The van der Waals surface area contributed by atoms with Gasteiger partial charge in [-0.25, -0.2) is 18.1 Å². The lowest BCUT2D eigenvalue weighted by Gasteiger charge is -2.08. The Hall–Kier alpha value is -1.96. The molecule has 0 unspecified atom stereocenters. The van der Waals surface area contributed by atoms with Crippen molar-refractivity contribution in [1.82, 2.24) is 19.7 Å². The number of anilines is 1. The first-order valence-electron chi connectivity index (χ1n) is 6.24. The number of rotatable bonds is 4. The zero-order valence-corrected chi connectivity index (χ0v) is 12.5. The van der Waals surface area contributed by atoms with Crippen LogP contribution in [0, 0.1) is 13.8 Å². The summed E-state index contributed by atoms with van der Waals surface area (Å²) in [5, 5.41) is 4.24. The standard InChI is InChI=1S/C12H17N5O2S/c1-4-5-20(18,19)10-7-14-12(15-11(10)13)17-9(3)6-8(2)16-17/h6-7H,4-5H2,1-3H3,(H2,13,14,15). The number of aryl methyl sites for hydroxylation is 2. The maximum atomic E-state index is 12.0. The number of nitrogen functional groups attached to an aromatic ring is 1. The first-order chi connectivity index (χ1) is 9.35. The Kier molecular flexibility index (Phi) is 3.76. The summed E-state index contributed by atoms with van der Waals surface area (Å²) >= 11 is 0. The number of nitrogens with zero attached hydrogens (tertiary/aromatic N) is 4. The van der Waals surface area contributed by atoms with Gasteiger partial charge in [-0.2, -0.15) is 10.1 Å². The SMILES string of the molecule is CCCS(=O)(=O)c1cnc(-n2nc(C)cc2C)nc1N. The molecule has 0 radical (unpaired) electrons. The highest BCUT2D eigenvalue weighted by atomic mass is 32.2. The van der Waals surface area contributed by atoms with Crippen LogP contribution in [0.25, 0.3) is 5.95 Å². The molecule has 0 atom stereocenters. The van der Waals surface area contributed by atoms with Gasteiger partial charge in [0.2, 0.25) is 0 Å². The molecule has 0 aliphatic rings. The Morgan fingerprint density at radius 1 is 1.35 bits per heavy atom. The third-order valence-electron chi connectivity index (χ3n) is 2.78. The normalized spacial score (nSPS) is 11.8. The summed E-state index contributed by atoms with van der Waals surface area (Å²) in [6.45, 7) is 5.51. The van der Waals surface area contributed by atoms with Crippen molar-refractivity contribution >= 4 is 15.7 Å². The Morgan fingerprint density at radius 3 is 2.55 bits per heavy atom. The van der Waals surface area contributed by atoms with Crippen LogP contribution in [0.4, 0.5) is 5.82 Å². The van der Waals surface area contributed by atoms with Crippen LogP contribution in [0.3, 0.4) is 0 Å². The highest BCUT2D eigenvalue weighted by molar-refractivity contribution is 7.91. The molecule has 0 saturated carbocycles. The molecule has 0 aromatic carbocycles. The predicted molar refractivity (Wildman–Crippen MR) is 75.4 cm³/mol. The number of aromatic nitrogens is 4. The smallest absolute Gasteiger partial charge is 0.252 e. The molecule has 0 aliphatic carbocycles. The Balaban J connectivity index is 2.48. The minimum absolute atomic E-state index is 0.0235. The van der Waals surface area contributed by atoms with Crippen LogP contribution in [0.15, 0.2) is 17.2 Å². The van der Waals surface area contributed by atoms with Gasteiger partial charge in [-0.05, 0) is 26.3 Å². The fraction of sp³-hybridized carbons (Fsp3) is 0.417. The Morgan fingerprint density at radius 2 is 2.05 bits per heavy atom. The molecule has 8 heteroatoms. The van der Waals surface area contributed by atoms with E-state index in [0.717, 1.165) is 11.4 Å². The molecular formula is C12H17N5O2S. The van der Waals surface area contributed by atoms with Crippen LogP contribution < -0.4 is 5.73 Å². The van der Waals surface area contributed by atoms with Crippen molar-refractivity contribution in [1.29, 1.82) is 0 Å². The summed E-state index contributed by atoms with van der Waals surface area (Å²) in [4.78, 5) is 8.09. The molecule has 2 aromatic heterocycles. The lowest BCUT2D eigenvalue weighted by molar-refractivity contribution is 0.594.